The molecule has 1 atom stereocenters. The second kappa shape index (κ2) is 6.58. The Labute approximate surface area is 112 Å². The van der Waals surface area contributed by atoms with Crippen LogP contribution in [0.5, 0.6) is 0 Å². The summed E-state index contributed by atoms with van der Waals surface area (Å²) in [6, 6.07) is 6.50. The van der Waals surface area contributed by atoms with Crippen molar-refractivity contribution in [2.24, 2.45) is 5.92 Å². The van der Waals surface area contributed by atoms with Gasteiger partial charge in [0, 0.05) is 0 Å². The Kier molecular flexibility index (Phi) is 5.40. The van der Waals surface area contributed by atoms with Crippen LogP contribution in [-0.2, 0) is 0 Å². The summed E-state index contributed by atoms with van der Waals surface area (Å²) in [5.74, 6) is 0.648. The van der Waals surface area contributed by atoms with Crippen molar-refractivity contribution in [2.75, 3.05) is 0 Å². The molecule has 0 spiro atoms. The van der Waals surface area contributed by atoms with E-state index in [0.29, 0.717) is 5.92 Å². The van der Waals surface area contributed by atoms with Gasteiger partial charge in [0.2, 0.25) is 0 Å². The summed E-state index contributed by atoms with van der Waals surface area (Å²) in [4.78, 5) is 0. The Hall–Kier alpha value is -1.30. The molecule has 0 heteroatoms. The Bertz CT molecular complexity index is 461. The highest BCUT2D eigenvalue weighted by Gasteiger charge is 2.07. The SMILES string of the molecule is CC1=CC=C(C)C(C)[CH]1.Cc1ccc(C)c(C)c1. The van der Waals surface area contributed by atoms with Gasteiger partial charge in [-0.3, -0.25) is 0 Å². The zero-order valence-electron chi connectivity index (χ0n) is 12.5. The molecule has 97 valence electrons. The fourth-order valence-electron chi connectivity index (χ4n) is 1.89. The van der Waals surface area contributed by atoms with Crippen molar-refractivity contribution in [3.05, 3.63) is 64.6 Å². The molecule has 0 aliphatic heterocycles. The van der Waals surface area contributed by atoms with Gasteiger partial charge in [0.05, 0.1) is 0 Å². The van der Waals surface area contributed by atoms with Crippen molar-refractivity contribution < 1.29 is 0 Å². The molecular formula is C18H25. The van der Waals surface area contributed by atoms with Gasteiger partial charge in [-0.2, -0.15) is 0 Å². The largest absolute Gasteiger partial charge is 0.0699 e. The van der Waals surface area contributed by atoms with E-state index in [1.807, 2.05) is 0 Å². The topological polar surface area (TPSA) is 0 Å². The molecule has 0 saturated heterocycles. The van der Waals surface area contributed by atoms with Crippen LogP contribution in [0.2, 0.25) is 0 Å². The summed E-state index contributed by atoms with van der Waals surface area (Å²) in [5.41, 5.74) is 6.95. The number of hydrogen-bond acceptors (Lipinski definition) is 0. The lowest BCUT2D eigenvalue weighted by Gasteiger charge is -2.15. The van der Waals surface area contributed by atoms with Crippen LogP contribution in [0.25, 0.3) is 0 Å². The molecule has 1 unspecified atom stereocenters. The van der Waals surface area contributed by atoms with Crippen LogP contribution in [0.4, 0.5) is 0 Å². The minimum atomic E-state index is 0.648. The van der Waals surface area contributed by atoms with E-state index in [1.165, 1.54) is 27.8 Å². The third-order valence-electron chi connectivity index (χ3n) is 3.50. The zero-order chi connectivity index (χ0) is 13.7. The van der Waals surface area contributed by atoms with E-state index in [9.17, 15) is 0 Å². The molecule has 0 aromatic heterocycles. The third kappa shape index (κ3) is 4.52. The van der Waals surface area contributed by atoms with Gasteiger partial charge < -0.3 is 0 Å². The maximum atomic E-state index is 2.29. The van der Waals surface area contributed by atoms with Crippen LogP contribution in [0.1, 0.15) is 37.5 Å². The number of allylic oxidation sites excluding steroid dienone is 4. The molecule has 0 fully saturated rings. The predicted octanol–water partition coefficient (Wildman–Crippen LogP) is 5.34. The van der Waals surface area contributed by atoms with Crippen molar-refractivity contribution in [3.63, 3.8) is 0 Å². The first-order valence-electron chi connectivity index (χ1n) is 6.64. The molecule has 0 nitrogen and oxygen atoms in total. The van der Waals surface area contributed by atoms with Gasteiger partial charge >= 0.3 is 0 Å². The van der Waals surface area contributed by atoms with Crippen LogP contribution in [0.3, 0.4) is 0 Å². The number of aryl methyl sites for hydroxylation is 3. The highest BCUT2D eigenvalue weighted by Crippen LogP contribution is 2.22. The maximum Gasteiger partial charge on any atom is -0.00686 e. The summed E-state index contributed by atoms with van der Waals surface area (Å²) >= 11 is 0. The van der Waals surface area contributed by atoms with Crippen molar-refractivity contribution in [1.29, 1.82) is 0 Å². The van der Waals surface area contributed by atoms with E-state index in [2.05, 4.69) is 78.3 Å². The minimum absolute atomic E-state index is 0.648. The highest BCUT2D eigenvalue weighted by atomic mass is 14.1. The molecule has 0 heterocycles. The molecule has 1 aromatic rings. The smallest absolute Gasteiger partial charge is 0.00686 e. The molecule has 1 aliphatic carbocycles. The molecule has 0 amide bonds. The summed E-state index contributed by atoms with van der Waals surface area (Å²) < 4.78 is 0. The lowest BCUT2D eigenvalue weighted by Crippen LogP contribution is -2.01. The van der Waals surface area contributed by atoms with E-state index < -0.39 is 0 Å². The molecule has 0 bridgehead atoms. The summed E-state index contributed by atoms with van der Waals surface area (Å²) in [6.07, 6.45) is 6.64. The lowest BCUT2D eigenvalue weighted by molar-refractivity contribution is 0.791. The fraction of sp³-hybridized carbons (Fsp3) is 0.389. The number of rotatable bonds is 0. The third-order valence-corrected chi connectivity index (χ3v) is 3.50. The first-order chi connectivity index (χ1) is 8.40. The molecule has 0 N–H and O–H groups in total. The Morgan fingerprint density at radius 3 is 1.94 bits per heavy atom. The lowest BCUT2D eigenvalue weighted by atomic mass is 9.90. The Morgan fingerprint density at radius 2 is 1.50 bits per heavy atom. The summed E-state index contributed by atoms with van der Waals surface area (Å²) in [7, 11) is 0. The average molecular weight is 241 g/mol. The van der Waals surface area contributed by atoms with Gasteiger partial charge in [0.1, 0.15) is 0 Å². The normalized spacial score (nSPS) is 18.4. The fourth-order valence-corrected chi connectivity index (χ4v) is 1.89. The van der Waals surface area contributed by atoms with Gasteiger partial charge in [-0.05, 0) is 58.1 Å². The molecule has 1 aliphatic rings. The molecule has 18 heavy (non-hydrogen) atoms. The summed E-state index contributed by atoms with van der Waals surface area (Å²) in [5, 5.41) is 0. The van der Waals surface area contributed by atoms with Gasteiger partial charge in [0.25, 0.3) is 0 Å². The van der Waals surface area contributed by atoms with E-state index in [-0.39, 0.29) is 0 Å². The second-order valence-corrected chi connectivity index (χ2v) is 5.36. The van der Waals surface area contributed by atoms with Crippen molar-refractivity contribution >= 4 is 0 Å². The quantitative estimate of drug-likeness (QED) is 0.574. The van der Waals surface area contributed by atoms with E-state index in [4.69, 9.17) is 0 Å². The van der Waals surface area contributed by atoms with Crippen LogP contribution < -0.4 is 0 Å². The molecule has 2 rings (SSSR count). The first-order valence-corrected chi connectivity index (χ1v) is 6.64. The predicted molar refractivity (Wildman–Crippen MR) is 81.6 cm³/mol. The number of hydrogen-bond donors (Lipinski definition) is 0. The zero-order valence-corrected chi connectivity index (χ0v) is 12.5. The van der Waals surface area contributed by atoms with Crippen LogP contribution in [0, 0.1) is 33.1 Å². The van der Waals surface area contributed by atoms with Crippen molar-refractivity contribution in [1.82, 2.24) is 0 Å². The monoisotopic (exact) mass is 241 g/mol. The van der Waals surface area contributed by atoms with Gasteiger partial charge in [-0.15, -0.1) is 0 Å². The van der Waals surface area contributed by atoms with Crippen molar-refractivity contribution in [2.45, 2.75) is 41.5 Å². The molecule has 1 aromatic carbocycles. The minimum Gasteiger partial charge on any atom is -0.0699 e. The highest BCUT2D eigenvalue weighted by molar-refractivity contribution is 5.31. The molecule has 1 radical (unpaired) electrons. The first kappa shape index (κ1) is 14.8. The Morgan fingerprint density at radius 1 is 0.833 bits per heavy atom. The van der Waals surface area contributed by atoms with Crippen LogP contribution in [0.15, 0.2) is 41.5 Å². The second-order valence-electron chi connectivity index (χ2n) is 5.36. The van der Waals surface area contributed by atoms with Gasteiger partial charge in [0.15, 0.2) is 0 Å². The Balaban J connectivity index is 0.000000180. The van der Waals surface area contributed by atoms with E-state index in [1.54, 1.807) is 0 Å². The standard InChI is InChI=1S/C9H13.C9H12/c2*1-7-4-5-8(2)9(3)6-7/h4-6,9H,1-3H3;4-6H,1-3H3. The molecular weight excluding hydrogens is 216 g/mol. The maximum absolute atomic E-state index is 2.29. The van der Waals surface area contributed by atoms with Crippen LogP contribution in [-0.4, -0.2) is 0 Å². The number of benzene rings is 1. The summed E-state index contributed by atoms with van der Waals surface area (Å²) in [6.45, 7) is 12.9. The molecule has 0 saturated carbocycles. The average Bonchev–Trinajstić information content (AvgIpc) is 2.30. The van der Waals surface area contributed by atoms with Crippen molar-refractivity contribution in [3.8, 4) is 0 Å². The van der Waals surface area contributed by atoms with Crippen LogP contribution >= 0.6 is 0 Å². The van der Waals surface area contributed by atoms with Gasteiger partial charge in [-0.25, -0.2) is 0 Å². The van der Waals surface area contributed by atoms with E-state index in [0.717, 1.165) is 0 Å². The van der Waals surface area contributed by atoms with E-state index >= 15 is 0 Å². The van der Waals surface area contributed by atoms with Gasteiger partial charge in [-0.1, -0.05) is 54.0 Å².